The van der Waals surface area contributed by atoms with Crippen LogP contribution in [0.25, 0.3) is 0 Å². The Hall–Kier alpha value is -1.32. The van der Waals surface area contributed by atoms with Crippen molar-refractivity contribution < 1.29 is 18.0 Å². The maximum absolute atomic E-state index is 12.7. The number of carbonyl (C=O) groups excluding carboxylic acids is 1. The fraction of sp³-hybridized carbons (Fsp3) is 0.533. The molecule has 1 saturated carbocycles. The van der Waals surface area contributed by atoms with E-state index in [2.05, 4.69) is 0 Å². The molecule has 104 valence electrons. The zero-order chi connectivity index (χ0) is 14.0. The number of Topliss-reactive ketones (excluding diaryl/α,β-unsaturated/α-hetero) is 1. The summed E-state index contributed by atoms with van der Waals surface area (Å²) in [5.41, 5.74) is 1.40. The fourth-order valence-electron chi connectivity index (χ4n) is 2.79. The number of alkyl halides is 3. The lowest BCUT2D eigenvalue weighted by atomic mass is 9.77. The van der Waals surface area contributed by atoms with Crippen LogP contribution >= 0.6 is 0 Å². The average molecular weight is 270 g/mol. The molecule has 1 aromatic rings. The van der Waals surface area contributed by atoms with Gasteiger partial charge in [-0.05, 0) is 31.7 Å². The highest BCUT2D eigenvalue weighted by molar-refractivity contribution is 5.99. The molecule has 19 heavy (non-hydrogen) atoms. The van der Waals surface area contributed by atoms with Gasteiger partial charge in [0, 0.05) is 11.5 Å². The first-order chi connectivity index (χ1) is 8.89. The molecular formula is C15H17F3O. The van der Waals surface area contributed by atoms with Gasteiger partial charge in [-0.1, -0.05) is 30.7 Å². The van der Waals surface area contributed by atoms with E-state index < -0.39 is 18.0 Å². The highest BCUT2D eigenvalue weighted by atomic mass is 19.4. The van der Waals surface area contributed by atoms with E-state index in [1.54, 1.807) is 12.1 Å². The predicted molar refractivity (Wildman–Crippen MR) is 67.0 cm³/mol. The van der Waals surface area contributed by atoms with Crippen molar-refractivity contribution in [3.63, 3.8) is 0 Å². The third-order valence-electron chi connectivity index (χ3n) is 3.92. The van der Waals surface area contributed by atoms with Crippen LogP contribution in [0.1, 0.15) is 41.6 Å². The number of rotatable bonds is 2. The minimum atomic E-state index is -4.18. The average Bonchev–Trinajstić information content (AvgIpc) is 2.38. The van der Waals surface area contributed by atoms with Crippen molar-refractivity contribution in [3.05, 3.63) is 35.4 Å². The standard InChI is InChI=1S/C15H17F3O/c1-10-5-2-3-8-13(10)14(19)11-6-4-7-12(9-11)15(16,17)18/h2-3,5,8,11-12H,4,6-7,9H2,1H3. The molecule has 0 aromatic heterocycles. The SMILES string of the molecule is Cc1ccccc1C(=O)C1CCCC(C(F)(F)F)C1. The van der Waals surface area contributed by atoms with E-state index in [0.717, 1.165) is 5.56 Å². The molecule has 0 aliphatic heterocycles. The summed E-state index contributed by atoms with van der Waals surface area (Å²) in [6, 6.07) is 7.10. The highest BCUT2D eigenvalue weighted by Crippen LogP contribution is 2.41. The lowest BCUT2D eigenvalue weighted by Crippen LogP contribution is -2.32. The molecule has 2 rings (SSSR count). The van der Waals surface area contributed by atoms with Gasteiger partial charge in [0.25, 0.3) is 0 Å². The van der Waals surface area contributed by atoms with Gasteiger partial charge in [-0.25, -0.2) is 0 Å². The van der Waals surface area contributed by atoms with Crippen LogP contribution in [0.4, 0.5) is 13.2 Å². The Morgan fingerprint density at radius 3 is 2.53 bits per heavy atom. The zero-order valence-corrected chi connectivity index (χ0v) is 10.8. The summed E-state index contributed by atoms with van der Waals surface area (Å²) >= 11 is 0. The van der Waals surface area contributed by atoms with Gasteiger partial charge >= 0.3 is 6.18 Å². The molecule has 1 aliphatic carbocycles. The van der Waals surface area contributed by atoms with Gasteiger partial charge in [0.15, 0.2) is 5.78 Å². The number of hydrogen-bond donors (Lipinski definition) is 0. The molecule has 0 heterocycles. The maximum atomic E-state index is 12.7. The molecule has 0 bridgehead atoms. The summed E-state index contributed by atoms with van der Waals surface area (Å²) in [4.78, 5) is 12.3. The number of ketones is 1. The van der Waals surface area contributed by atoms with Crippen LogP contribution in [0.15, 0.2) is 24.3 Å². The molecule has 0 spiro atoms. The molecule has 2 unspecified atom stereocenters. The van der Waals surface area contributed by atoms with E-state index in [4.69, 9.17) is 0 Å². The number of carbonyl (C=O) groups is 1. The van der Waals surface area contributed by atoms with E-state index in [0.29, 0.717) is 18.4 Å². The van der Waals surface area contributed by atoms with Gasteiger partial charge < -0.3 is 0 Å². The Labute approximate surface area is 110 Å². The molecule has 2 atom stereocenters. The molecule has 0 saturated heterocycles. The number of aryl methyl sites for hydroxylation is 1. The molecule has 1 aliphatic rings. The first-order valence-electron chi connectivity index (χ1n) is 6.56. The van der Waals surface area contributed by atoms with Crippen molar-refractivity contribution in [3.8, 4) is 0 Å². The van der Waals surface area contributed by atoms with Crippen LogP contribution in [-0.4, -0.2) is 12.0 Å². The second-order valence-electron chi connectivity index (χ2n) is 5.28. The second kappa shape index (κ2) is 5.35. The van der Waals surface area contributed by atoms with E-state index in [9.17, 15) is 18.0 Å². The normalized spacial score (nSPS) is 24.2. The van der Waals surface area contributed by atoms with E-state index >= 15 is 0 Å². The summed E-state index contributed by atoms with van der Waals surface area (Å²) in [5, 5.41) is 0. The van der Waals surface area contributed by atoms with Gasteiger partial charge in [-0.15, -0.1) is 0 Å². The number of halogens is 3. The van der Waals surface area contributed by atoms with Gasteiger partial charge in [0.05, 0.1) is 5.92 Å². The van der Waals surface area contributed by atoms with Gasteiger partial charge in [-0.2, -0.15) is 13.2 Å². The molecule has 4 heteroatoms. The Bertz CT molecular complexity index is 465. The van der Waals surface area contributed by atoms with Crippen LogP contribution in [0, 0.1) is 18.8 Å². The quantitative estimate of drug-likeness (QED) is 0.721. The third-order valence-corrected chi connectivity index (χ3v) is 3.92. The van der Waals surface area contributed by atoms with Gasteiger partial charge in [0.2, 0.25) is 0 Å². The predicted octanol–water partition coefficient (Wildman–Crippen LogP) is 4.55. The van der Waals surface area contributed by atoms with Crippen molar-refractivity contribution in [1.82, 2.24) is 0 Å². The minimum Gasteiger partial charge on any atom is -0.294 e. The third kappa shape index (κ3) is 3.17. The minimum absolute atomic E-state index is 0.0589. The van der Waals surface area contributed by atoms with Crippen LogP contribution < -0.4 is 0 Å². The summed E-state index contributed by atoms with van der Waals surface area (Å²) in [5.74, 6) is -1.94. The topological polar surface area (TPSA) is 17.1 Å². The highest BCUT2D eigenvalue weighted by Gasteiger charge is 2.43. The maximum Gasteiger partial charge on any atom is 0.391 e. The summed E-state index contributed by atoms with van der Waals surface area (Å²) in [6.45, 7) is 1.82. The van der Waals surface area contributed by atoms with Crippen LogP contribution in [0.3, 0.4) is 0 Å². The van der Waals surface area contributed by atoms with Gasteiger partial charge in [-0.3, -0.25) is 4.79 Å². The van der Waals surface area contributed by atoms with Crippen molar-refractivity contribution in [2.24, 2.45) is 11.8 Å². The summed E-state index contributed by atoms with van der Waals surface area (Å²) in [7, 11) is 0. The van der Waals surface area contributed by atoms with E-state index in [-0.39, 0.29) is 18.6 Å². The lowest BCUT2D eigenvalue weighted by molar-refractivity contribution is -0.184. The van der Waals surface area contributed by atoms with Crippen molar-refractivity contribution in [2.45, 2.75) is 38.8 Å². The monoisotopic (exact) mass is 270 g/mol. The smallest absolute Gasteiger partial charge is 0.294 e. The van der Waals surface area contributed by atoms with Crippen molar-refractivity contribution in [2.75, 3.05) is 0 Å². The van der Waals surface area contributed by atoms with Crippen LogP contribution in [0.5, 0.6) is 0 Å². The van der Waals surface area contributed by atoms with Crippen LogP contribution in [-0.2, 0) is 0 Å². The first-order valence-corrected chi connectivity index (χ1v) is 6.56. The molecule has 1 fully saturated rings. The zero-order valence-electron chi connectivity index (χ0n) is 10.8. The molecule has 1 aromatic carbocycles. The van der Waals surface area contributed by atoms with E-state index in [1.165, 1.54) is 0 Å². The van der Waals surface area contributed by atoms with E-state index in [1.807, 2.05) is 19.1 Å². The molecular weight excluding hydrogens is 253 g/mol. The second-order valence-corrected chi connectivity index (χ2v) is 5.28. The Balaban J connectivity index is 2.14. The molecule has 0 N–H and O–H groups in total. The van der Waals surface area contributed by atoms with Crippen molar-refractivity contribution in [1.29, 1.82) is 0 Å². The number of benzene rings is 1. The number of hydrogen-bond acceptors (Lipinski definition) is 1. The largest absolute Gasteiger partial charge is 0.391 e. The van der Waals surface area contributed by atoms with Crippen LogP contribution in [0.2, 0.25) is 0 Å². The Morgan fingerprint density at radius 2 is 1.89 bits per heavy atom. The molecule has 0 radical (unpaired) electrons. The molecule has 1 nitrogen and oxygen atoms in total. The Kier molecular flexibility index (Phi) is 3.97. The Morgan fingerprint density at radius 1 is 1.21 bits per heavy atom. The molecule has 0 amide bonds. The first kappa shape index (κ1) is 14.1. The fourth-order valence-corrected chi connectivity index (χ4v) is 2.79. The lowest BCUT2D eigenvalue weighted by Gasteiger charge is -2.30. The summed E-state index contributed by atoms with van der Waals surface area (Å²) < 4.78 is 38.2. The van der Waals surface area contributed by atoms with Gasteiger partial charge in [0.1, 0.15) is 0 Å². The van der Waals surface area contributed by atoms with Crippen molar-refractivity contribution >= 4 is 5.78 Å². The summed E-state index contributed by atoms with van der Waals surface area (Å²) in [6.07, 6.45) is -3.03.